The lowest BCUT2D eigenvalue weighted by Crippen LogP contribution is -2.58. The zero-order chi connectivity index (χ0) is 46.5. The van der Waals surface area contributed by atoms with Crippen molar-refractivity contribution >= 4 is 47.0 Å². The van der Waals surface area contributed by atoms with Crippen molar-refractivity contribution in [3.63, 3.8) is 0 Å². The Bertz CT molecular complexity index is 2420. The molecule has 0 bridgehead atoms. The number of carbonyl (C=O) groups excluding carboxylic acids is 4. The van der Waals surface area contributed by atoms with E-state index in [-0.39, 0.29) is 43.6 Å². The first-order valence-electron chi connectivity index (χ1n) is 21.9. The molecule has 0 radical (unpaired) electrons. The molecule has 7 rings (SSSR count). The van der Waals surface area contributed by atoms with Crippen LogP contribution in [0.5, 0.6) is 0 Å². The van der Waals surface area contributed by atoms with Crippen molar-refractivity contribution < 1.29 is 33.8 Å². The Morgan fingerprint density at radius 1 is 0.742 bits per heavy atom. The first-order valence-corrected chi connectivity index (χ1v) is 23.9. The van der Waals surface area contributed by atoms with E-state index in [0.29, 0.717) is 5.69 Å². The summed E-state index contributed by atoms with van der Waals surface area (Å²) in [5, 5.41) is 21.9. The van der Waals surface area contributed by atoms with Gasteiger partial charge < -0.3 is 30.5 Å². The minimum absolute atomic E-state index is 0.0170. The lowest BCUT2D eigenvalue weighted by Gasteiger charge is -2.37. The molecule has 2 unspecified atom stereocenters. The van der Waals surface area contributed by atoms with Gasteiger partial charge in [0.2, 0.25) is 11.8 Å². The predicted octanol–water partition coefficient (Wildman–Crippen LogP) is 8.42. The molecule has 0 saturated heterocycles. The Morgan fingerprint density at radius 2 is 1.27 bits per heavy atom. The zero-order valence-corrected chi connectivity index (χ0v) is 38.5. The van der Waals surface area contributed by atoms with Gasteiger partial charge in [-0.3, -0.25) is 14.4 Å². The van der Waals surface area contributed by atoms with E-state index in [0.717, 1.165) is 38.9 Å². The highest BCUT2D eigenvalue weighted by atomic mass is 32.2. The summed E-state index contributed by atoms with van der Waals surface area (Å²) in [6.07, 6.45) is -1.03. The number of carbonyl (C=O) groups is 4. The summed E-state index contributed by atoms with van der Waals surface area (Å²) in [6.45, 7) is 7.22. The number of esters is 1. The van der Waals surface area contributed by atoms with Crippen molar-refractivity contribution in [2.75, 3.05) is 19.0 Å². The first kappa shape index (κ1) is 47.4. The second-order valence-electron chi connectivity index (χ2n) is 16.4. The second kappa shape index (κ2) is 22.6. The third kappa shape index (κ3) is 11.3. The molecule has 0 fully saturated rings. The molecule has 11 nitrogen and oxygen atoms in total. The van der Waals surface area contributed by atoms with Crippen LogP contribution in [0, 0.1) is 5.92 Å². The molecule has 5 aromatic carbocycles. The zero-order valence-electron chi connectivity index (χ0n) is 36.9. The van der Waals surface area contributed by atoms with Crippen LogP contribution in [0.2, 0.25) is 0 Å². The van der Waals surface area contributed by atoms with E-state index in [1.54, 1.807) is 10.9 Å². The van der Waals surface area contributed by atoms with Gasteiger partial charge in [0.1, 0.15) is 25.3 Å². The van der Waals surface area contributed by atoms with Crippen LogP contribution >= 0.6 is 23.1 Å². The largest absolute Gasteiger partial charge is 0.461 e. The molecule has 1 aromatic heterocycles. The van der Waals surface area contributed by atoms with Gasteiger partial charge in [0.25, 0.3) is 0 Å². The van der Waals surface area contributed by atoms with Crippen molar-refractivity contribution in [2.45, 2.75) is 61.6 Å². The van der Waals surface area contributed by atoms with Crippen molar-refractivity contribution in [3.8, 4) is 11.1 Å². The van der Waals surface area contributed by atoms with Crippen LogP contribution in [0.25, 0.3) is 11.1 Å². The lowest BCUT2D eigenvalue weighted by atomic mass is 9.84. The van der Waals surface area contributed by atoms with Crippen LogP contribution in [-0.4, -0.2) is 77.2 Å². The fourth-order valence-corrected chi connectivity index (χ4v) is 10.6. The summed E-state index contributed by atoms with van der Waals surface area (Å²) in [6, 6.07) is 42.6. The molecular formula is C53H54N4O7S2. The van der Waals surface area contributed by atoms with E-state index in [2.05, 4.69) is 39.6 Å². The average Bonchev–Trinajstić information content (AvgIpc) is 3.98. The van der Waals surface area contributed by atoms with Gasteiger partial charge in [0.05, 0.1) is 34.5 Å². The molecule has 340 valence electrons. The van der Waals surface area contributed by atoms with Crippen molar-refractivity contribution in [2.24, 2.45) is 5.92 Å². The number of fused-ring (bicyclic) bond motifs is 3. The topological polar surface area (TPSA) is 156 Å². The number of amides is 3. The minimum atomic E-state index is -1.31. The van der Waals surface area contributed by atoms with E-state index in [9.17, 15) is 24.3 Å². The summed E-state index contributed by atoms with van der Waals surface area (Å²) in [5.74, 6) is -2.38. The molecule has 1 heterocycles. The van der Waals surface area contributed by atoms with E-state index < -0.39 is 52.9 Å². The van der Waals surface area contributed by atoms with Gasteiger partial charge in [-0.1, -0.05) is 166 Å². The highest BCUT2D eigenvalue weighted by Crippen LogP contribution is 2.49. The SMILES string of the molecule is C=CCOC(=O)C[C@H](O)[C@H](NC(=O)C(CSC(c1ccccc1)(c1ccccc1)c1ccccc1)NC(=O)C(Cc1cscn1)NC(=O)OCC1c2ccccc2-c2ccccc21)C(C)C. The molecule has 66 heavy (non-hydrogen) atoms. The predicted molar refractivity (Wildman–Crippen MR) is 260 cm³/mol. The third-order valence-corrected chi connectivity index (χ3v) is 13.9. The Balaban J connectivity index is 1.19. The van der Waals surface area contributed by atoms with Crippen LogP contribution in [-0.2, 0) is 35.0 Å². The maximum atomic E-state index is 14.8. The molecule has 0 spiro atoms. The molecule has 13 heteroatoms. The summed E-state index contributed by atoms with van der Waals surface area (Å²) in [5.41, 5.74) is 9.32. The fraction of sp³-hybridized carbons (Fsp3) is 0.264. The van der Waals surface area contributed by atoms with Gasteiger partial charge in [0.15, 0.2) is 0 Å². The minimum Gasteiger partial charge on any atom is -0.461 e. The number of ether oxygens (including phenoxy) is 2. The maximum absolute atomic E-state index is 14.8. The van der Waals surface area contributed by atoms with Crippen LogP contribution in [0.3, 0.4) is 0 Å². The Hall–Kier alpha value is -6.54. The van der Waals surface area contributed by atoms with Gasteiger partial charge in [0, 0.05) is 23.5 Å². The Morgan fingerprint density at radius 3 is 1.79 bits per heavy atom. The molecule has 1 aliphatic rings. The van der Waals surface area contributed by atoms with Crippen LogP contribution in [0.4, 0.5) is 4.79 Å². The molecule has 0 saturated carbocycles. The van der Waals surface area contributed by atoms with E-state index in [1.165, 1.54) is 29.2 Å². The summed E-state index contributed by atoms with van der Waals surface area (Å²) < 4.78 is 10.2. The number of hydrogen-bond acceptors (Lipinski definition) is 10. The molecule has 4 atom stereocenters. The smallest absolute Gasteiger partial charge is 0.407 e. The molecule has 4 N–H and O–H groups in total. The number of thioether (sulfide) groups is 1. The fourth-order valence-electron chi connectivity index (χ4n) is 8.45. The van der Waals surface area contributed by atoms with E-state index in [4.69, 9.17) is 9.47 Å². The quantitative estimate of drug-likeness (QED) is 0.0316. The number of nitrogens with one attached hydrogen (secondary N) is 3. The number of aliphatic hydroxyl groups is 1. The van der Waals surface area contributed by atoms with E-state index in [1.807, 2.05) is 141 Å². The van der Waals surface area contributed by atoms with Gasteiger partial charge >= 0.3 is 12.1 Å². The number of aliphatic hydroxyl groups excluding tert-OH is 1. The molecule has 6 aromatic rings. The van der Waals surface area contributed by atoms with Crippen LogP contribution in [0.1, 0.15) is 59.7 Å². The maximum Gasteiger partial charge on any atom is 0.407 e. The Labute approximate surface area is 394 Å². The Kier molecular flexibility index (Phi) is 16.2. The summed E-state index contributed by atoms with van der Waals surface area (Å²) >= 11 is 2.82. The molecule has 1 aliphatic carbocycles. The summed E-state index contributed by atoms with van der Waals surface area (Å²) in [4.78, 5) is 60.3. The molecule has 0 aliphatic heterocycles. The molecular weight excluding hydrogens is 869 g/mol. The number of rotatable bonds is 21. The van der Waals surface area contributed by atoms with Crippen LogP contribution < -0.4 is 16.0 Å². The third-order valence-electron chi connectivity index (χ3n) is 11.7. The highest BCUT2D eigenvalue weighted by molar-refractivity contribution is 8.00. The van der Waals surface area contributed by atoms with Gasteiger partial charge in [-0.05, 0) is 44.9 Å². The second-order valence-corrected chi connectivity index (χ2v) is 18.3. The highest BCUT2D eigenvalue weighted by Gasteiger charge is 2.40. The number of hydrogen-bond donors (Lipinski definition) is 4. The molecule has 3 amide bonds. The number of alkyl carbamates (subject to hydrolysis) is 1. The van der Waals surface area contributed by atoms with Crippen molar-refractivity contribution in [1.82, 2.24) is 20.9 Å². The van der Waals surface area contributed by atoms with Gasteiger partial charge in [-0.2, -0.15) is 0 Å². The van der Waals surface area contributed by atoms with E-state index >= 15 is 0 Å². The number of aromatic nitrogens is 1. The first-order chi connectivity index (χ1) is 32.1. The summed E-state index contributed by atoms with van der Waals surface area (Å²) in [7, 11) is 0. The number of nitrogens with zero attached hydrogens (tertiary/aromatic N) is 1. The standard InChI is InChI=1S/C53H54N4O7S2/c1-4-28-63-48(59)30-47(58)49(35(2)3)57-51(61)46(33-66-53(36-18-8-5-9-19-36,37-20-10-6-11-21-37)38-22-12-7-13-23-38)55-50(60)45(29-39-32-65-34-54-39)56-52(62)64-31-44-42-26-16-14-24-40(42)41-25-15-17-27-43(41)44/h4-27,32,34-35,44-47,49,58H,1,28-31,33H2,2-3H3,(H,55,60)(H,56,62)(H,57,61)/t45?,46?,47-,49+/m0/s1. The van der Waals surface area contributed by atoms with Gasteiger partial charge in [-0.25, -0.2) is 9.78 Å². The van der Waals surface area contributed by atoms with Gasteiger partial charge in [-0.15, -0.1) is 23.1 Å². The average molecular weight is 923 g/mol. The van der Waals surface area contributed by atoms with Crippen molar-refractivity contribution in [3.05, 3.63) is 197 Å². The monoisotopic (exact) mass is 922 g/mol. The normalized spacial score (nSPS) is 13.9. The lowest BCUT2D eigenvalue weighted by molar-refractivity contribution is -0.145. The van der Waals surface area contributed by atoms with Crippen molar-refractivity contribution in [1.29, 1.82) is 0 Å². The number of benzene rings is 5. The number of thiazole rings is 1. The van der Waals surface area contributed by atoms with Crippen LogP contribution in [0.15, 0.2) is 163 Å².